The molecule has 1 amide bonds. The van der Waals surface area contributed by atoms with Gasteiger partial charge in [-0.25, -0.2) is 4.79 Å². The van der Waals surface area contributed by atoms with Gasteiger partial charge in [0.15, 0.2) is 0 Å². The third kappa shape index (κ3) is 17.1. The molecular formula is C12H26N2O4. The smallest absolute Gasteiger partial charge is 0.408 e. The highest BCUT2D eigenvalue weighted by molar-refractivity contribution is 5.77. The van der Waals surface area contributed by atoms with E-state index in [4.69, 9.17) is 10.5 Å². The molecule has 0 saturated heterocycles. The second-order valence-electron chi connectivity index (χ2n) is 4.57. The molecule has 0 heterocycles. The molecule has 0 radical (unpaired) electrons. The van der Waals surface area contributed by atoms with Gasteiger partial charge in [-0.1, -0.05) is 13.3 Å². The Labute approximate surface area is 109 Å². The molecule has 3 N–H and O–H groups in total. The van der Waals surface area contributed by atoms with Gasteiger partial charge in [0.2, 0.25) is 0 Å². The lowest BCUT2D eigenvalue weighted by Crippen LogP contribution is -2.35. The van der Waals surface area contributed by atoms with Crippen LogP contribution >= 0.6 is 0 Å². The van der Waals surface area contributed by atoms with Crippen molar-refractivity contribution in [1.29, 1.82) is 0 Å². The number of esters is 1. The SMILES string of the molecule is CCCCN.COC(=O)CNC(=O)OC(C)(C)C. The van der Waals surface area contributed by atoms with E-state index in [9.17, 15) is 9.59 Å². The van der Waals surface area contributed by atoms with Crippen molar-refractivity contribution in [2.75, 3.05) is 20.2 Å². The van der Waals surface area contributed by atoms with Gasteiger partial charge in [0.05, 0.1) is 7.11 Å². The highest BCUT2D eigenvalue weighted by Crippen LogP contribution is 2.05. The zero-order valence-electron chi connectivity index (χ0n) is 12.0. The summed E-state index contributed by atoms with van der Waals surface area (Å²) in [7, 11) is 1.25. The minimum atomic E-state index is -0.627. The first-order chi connectivity index (χ1) is 8.26. The van der Waals surface area contributed by atoms with Gasteiger partial charge < -0.3 is 20.5 Å². The molecule has 0 aliphatic carbocycles. The fourth-order valence-corrected chi connectivity index (χ4v) is 0.735. The standard InChI is InChI=1S/C8H15NO4.C4H11N/c1-8(2,3)13-7(11)9-5-6(10)12-4;1-2-3-4-5/h5H2,1-4H3,(H,9,11);2-5H2,1H3. The molecule has 0 aromatic rings. The molecule has 0 aromatic heterocycles. The van der Waals surface area contributed by atoms with Crippen LogP contribution in [0.5, 0.6) is 0 Å². The van der Waals surface area contributed by atoms with Gasteiger partial charge in [0.25, 0.3) is 0 Å². The Morgan fingerprint density at radius 1 is 1.28 bits per heavy atom. The first-order valence-corrected chi connectivity index (χ1v) is 6.00. The first kappa shape index (κ1) is 19.0. The van der Waals surface area contributed by atoms with Crippen LogP contribution in [0.3, 0.4) is 0 Å². The number of carbonyl (C=O) groups excluding carboxylic acids is 2. The number of unbranched alkanes of at least 4 members (excludes halogenated alkanes) is 1. The topological polar surface area (TPSA) is 90.6 Å². The van der Waals surface area contributed by atoms with Crippen LogP contribution in [-0.4, -0.2) is 37.9 Å². The lowest BCUT2D eigenvalue weighted by Gasteiger charge is -2.19. The van der Waals surface area contributed by atoms with Crippen LogP contribution in [0.1, 0.15) is 40.5 Å². The predicted octanol–water partition coefficient (Wildman–Crippen LogP) is 1.43. The monoisotopic (exact) mass is 262 g/mol. The van der Waals surface area contributed by atoms with Crippen molar-refractivity contribution in [2.24, 2.45) is 5.73 Å². The molecule has 6 nitrogen and oxygen atoms in total. The molecule has 0 rings (SSSR count). The molecule has 0 bridgehead atoms. The third-order valence-electron chi connectivity index (χ3n) is 1.56. The van der Waals surface area contributed by atoms with Crippen LogP contribution in [0.15, 0.2) is 0 Å². The second-order valence-corrected chi connectivity index (χ2v) is 4.57. The van der Waals surface area contributed by atoms with E-state index >= 15 is 0 Å². The largest absolute Gasteiger partial charge is 0.468 e. The van der Waals surface area contributed by atoms with Crippen molar-refractivity contribution in [3.8, 4) is 0 Å². The second kappa shape index (κ2) is 10.8. The Bertz CT molecular complexity index is 235. The summed E-state index contributed by atoms with van der Waals surface area (Å²) in [6.45, 7) is 8.02. The molecule has 6 heteroatoms. The summed E-state index contributed by atoms with van der Waals surface area (Å²) >= 11 is 0. The number of ether oxygens (including phenoxy) is 2. The fraction of sp³-hybridized carbons (Fsp3) is 0.833. The van der Waals surface area contributed by atoms with Crippen molar-refractivity contribution in [3.63, 3.8) is 0 Å². The van der Waals surface area contributed by atoms with Crippen LogP contribution in [0.25, 0.3) is 0 Å². The van der Waals surface area contributed by atoms with Gasteiger partial charge in [0.1, 0.15) is 12.1 Å². The quantitative estimate of drug-likeness (QED) is 0.748. The minimum absolute atomic E-state index is 0.175. The van der Waals surface area contributed by atoms with Gasteiger partial charge in [-0.15, -0.1) is 0 Å². The lowest BCUT2D eigenvalue weighted by molar-refractivity contribution is -0.139. The third-order valence-corrected chi connectivity index (χ3v) is 1.56. The van der Waals surface area contributed by atoms with E-state index in [1.165, 1.54) is 20.0 Å². The normalized spacial score (nSPS) is 9.89. The number of rotatable bonds is 4. The summed E-state index contributed by atoms with van der Waals surface area (Å²) < 4.78 is 9.20. The highest BCUT2D eigenvalue weighted by Gasteiger charge is 2.16. The van der Waals surface area contributed by atoms with E-state index in [1.807, 2.05) is 0 Å². The Hall–Kier alpha value is -1.30. The molecule has 0 aliphatic rings. The Morgan fingerprint density at radius 2 is 1.83 bits per heavy atom. The molecule has 108 valence electrons. The number of methoxy groups -OCH3 is 1. The number of hydrogen-bond donors (Lipinski definition) is 2. The molecule has 0 saturated carbocycles. The van der Waals surface area contributed by atoms with Crippen molar-refractivity contribution < 1.29 is 19.1 Å². The number of amides is 1. The Balaban J connectivity index is 0. The Morgan fingerprint density at radius 3 is 2.11 bits per heavy atom. The molecule has 0 spiro atoms. The maximum absolute atomic E-state index is 10.9. The summed E-state index contributed by atoms with van der Waals surface area (Å²) in [6.07, 6.45) is 1.76. The fourth-order valence-electron chi connectivity index (χ4n) is 0.735. The summed E-state index contributed by atoms with van der Waals surface area (Å²) in [5.41, 5.74) is 4.58. The summed E-state index contributed by atoms with van der Waals surface area (Å²) in [5, 5.41) is 2.25. The molecule has 0 fully saturated rings. The molecule has 0 aliphatic heterocycles. The van der Waals surface area contributed by atoms with E-state index in [1.54, 1.807) is 20.8 Å². The van der Waals surface area contributed by atoms with Gasteiger partial charge in [-0.3, -0.25) is 4.79 Å². The van der Waals surface area contributed by atoms with E-state index < -0.39 is 17.7 Å². The number of nitrogens with one attached hydrogen (secondary N) is 1. The summed E-state index contributed by atoms with van der Waals surface area (Å²) in [6, 6.07) is 0. The molecule has 18 heavy (non-hydrogen) atoms. The minimum Gasteiger partial charge on any atom is -0.468 e. The zero-order valence-corrected chi connectivity index (χ0v) is 12.0. The number of nitrogens with two attached hydrogens (primary N) is 1. The zero-order chi connectivity index (χ0) is 14.6. The molecular weight excluding hydrogens is 236 g/mol. The maximum Gasteiger partial charge on any atom is 0.408 e. The van der Waals surface area contributed by atoms with Crippen LogP contribution < -0.4 is 11.1 Å². The maximum atomic E-state index is 10.9. The summed E-state index contributed by atoms with van der Waals surface area (Å²) in [4.78, 5) is 21.5. The Kier molecular flexibility index (Phi) is 11.5. The average Bonchev–Trinajstić information content (AvgIpc) is 2.25. The van der Waals surface area contributed by atoms with Crippen LogP contribution in [0.4, 0.5) is 4.79 Å². The van der Waals surface area contributed by atoms with E-state index in [0.29, 0.717) is 0 Å². The van der Waals surface area contributed by atoms with Crippen LogP contribution in [0, 0.1) is 0 Å². The molecule has 0 aromatic carbocycles. The number of carbonyl (C=O) groups is 2. The van der Waals surface area contributed by atoms with Crippen LogP contribution in [-0.2, 0) is 14.3 Å². The molecule has 0 atom stereocenters. The lowest BCUT2D eigenvalue weighted by atomic mass is 10.2. The highest BCUT2D eigenvalue weighted by atomic mass is 16.6. The number of alkyl carbamates (subject to hydrolysis) is 1. The molecule has 0 unspecified atom stereocenters. The van der Waals surface area contributed by atoms with Gasteiger partial charge in [-0.05, 0) is 33.7 Å². The van der Waals surface area contributed by atoms with Crippen molar-refractivity contribution in [3.05, 3.63) is 0 Å². The predicted molar refractivity (Wildman–Crippen MR) is 70.2 cm³/mol. The van der Waals surface area contributed by atoms with Crippen molar-refractivity contribution >= 4 is 12.1 Å². The van der Waals surface area contributed by atoms with Crippen molar-refractivity contribution in [2.45, 2.75) is 46.1 Å². The van der Waals surface area contributed by atoms with Crippen LogP contribution in [0.2, 0.25) is 0 Å². The van der Waals surface area contributed by atoms with Gasteiger partial charge >= 0.3 is 12.1 Å². The first-order valence-electron chi connectivity index (χ1n) is 6.00. The van der Waals surface area contributed by atoms with E-state index in [-0.39, 0.29) is 6.54 Å². The van der Waals surface area contributed by atoms with Gasteiger partial charge in [0, 0.05) is 0 Å². The van der Waals surface area contributed by atoms with Crippen molar-refractivity contribution in [1.82, 2.24) is 5.32 Å². The number of hydrogen-bond acceptors (Lipinski definition) is 5. The average molecular weight is 262 g/mol. The van der Waals surface area contributed by atoms with Gasteiger partial charge in [-0.2, -0.15) is 0 Å². The van der Waals surface area contributed by atoms with E-state index in [0.717, 1.165) is 6.54 Å². The van der Waals surface area contributed by atoms with E-state index in [2.05, 4.69) is 17.0 Å². The summed E-state index contributed by atoms with van der Waals surface area (Å²) in [5.74, 6) is -0.508.